The summed E-state index contributed by atoms with van der Waals surface area (Å²) in [6.07, 6.45) is 5.30. The van der Waals surface area contributed by atoms with Crippen molar-refractivity contribution in [1.29, 1.82) is 0 Å². The van der Waals surface area contributed by atoms with Gasteiger partial charge in [0.1, 0.15) is 11.8 Å². The summed E-state index contributed by atoms with van der Waals surface area (Å²) in [5, 5.41) is 7.06. The van der Waals surface area contributed by atoms with Crippen LogP contribution < -0.4 is 4.74 Å². The zero-order chi connectivity index (χ0) is 21.9. The second-order valence-electron chi connectivity index (χ2n) is 8.45. The molecule has 1 amide bonds. The second kappa shape index (κ2) is 9.16. The smallest absolute Gasteiger partial charge is 0.274 e. The summed E-state index contributed by atoms with van der Waals surface area (Å²) in [5.41, 5.74) is 1.12. The average Bonchev–Trinajstić information content (AvgIpc) is 3.53. The van der Waals surface area contributed by atoms with E-state index in [-0.39, 0.29) is 17.8 Å². The molecule has 2 saturated heterocycles. The standard InChI is InChI=1S/C24H27FN4O3/c25-19-4-1-2-5-22(19)32-18-9-13-28(14-10-18)17-7-11-29(12-8-17)24(30)21-16-20(26-27-21)23-6-3-15-31-23/h1-6,15-18H,7-14H2,(H,26,27). The van der Waals surface area contributed by atoms with Crippen LogP contribution in [-0.4, -0.2) is 64.2 Å². The fraction of sp³-hybridized carbons (Fsp3) is 0.417. The molecular formula is C24H27FN4O3. The number of rotatable bonds is 5. The van der Waals surface area contributed by atoms with Crippen molar-refractivity contribution in [2.75, 3.05) is 26.2 Å². The van der Waals surface area contributed by atoms with Gasteiger partial charge in [-0.15, -0.1) is 0 Å². The summed E-state index contributed by atoms with van der Waals surface area (Å²) in [6.45, 7) is 3.31. The molecule has 0 unspecified atom stereocenters. The van der Waals surface area contributed by atoms with E-state index >= 15 is 0 Å². The molecular weight excluding hydrogens is 411 g/mol. The number of aromatic amines is 1. The fourth-order valence-electron chi connectivity index (χ4n) is 4.66. The third-order valence-corrected chi connectivity index (χ3v) is 6.46. The SMILES string of the molecule is O=C(c1cc(-c2ccco2)[nH]n1)N1CCC(N2CCC(Oc3ccccc3F)CC2)CC1. The first-order valence-corrected chi connectivity index (χ1v) is 11.2. The van der Waals surface area contributed by atoms with Gasteiger partial charge in [0.25, 0.3) is 5.91 Å². The molecule has 1 N–H and O–H groups in total. The highest BCUT2D eigenvalue weighted by Gasteiger charge is 2.31. The first kappa shape index (κ1) is 20.8. The minimum atomic E-state index is -0.305. The Balaban J connectivity index is 1.10. The molecule has 168 valence electrons. The van der Waals surface area contributed by atoms with Gasteiger partial charge >= 0.3 is 0 Å². The van der Waals surface area contributed by atoms with Crippen LogP contribution >= 0.6 is 0 Å². The summed E-state index contributed by atoms with van der Waals surface area (Å²) in [6, 6.07) is 12.4. The Morgan fingerprint density at radius 3 is 2.56 bits per heavy atom. The number of hydrogen-bond acceptors (Lipinski definition) is 5. The summed E-state index contributed by atoms with van der Waals surface area (Å²) >= 11 is 0. The summed E-state index contributed by atoms with van der Waals surface area (Å²) in [4.78, 5) is 17.2. The van der Waals surface area contributed by atoms with Crippen molar-refractivity contribution in [2.45, 2.75) is 37.8 Å². The zero-order valence-corrected chi connectivity index (χ0v) is 17.9. The number of hydrogen-bond donors (Lipinski definition) is 1. The van der Waals surface area contributed by atoms with E-state index in [2.05, 4.69) is 15.1 Å². The van der Waals surface area contributed by atoms with Crippen LogP contribution in [0.4, 0.5) is 4.39 Å². The molecule has 4 heterocycles. The van der Waals surface area contributed by atoms with Crippen LogP contribution in [0.5, 0.6) is 5.75 Å². The number of nitrogens with one attached hydrogen (secondary N) is 1. The molecule has 1 aromatic carbocycles. The molecule has 32 heavy (non-hydrogen) atoms. The van der Waals surface area contributed by atoms with E-state index in [1.165, 1.54) is 6.07 Å². The van der Waals surface area contributed by atoms with Crippen LogP contribution in [0.1, 0.15) is 36.2 Å². The number of H-pyrrole nitrogens is 1. The third kappa shape index (κ3) is 4.41. The Bertz CT molecular complexity index is 1040. The molecule has 0 atom stereocenters. The summed E-state index contributed by atoms with van der Waals surface area (Å²) < 4.78 is 25.1. The van der Waals surface area contributed by atoms with Gasteiger partial charge in [-0.3, -0.25) is 14.8 Å². The van der Waals surface area contributed by atoms with Crippen molar-refractivity contribution >= 4 is 5.91 Å². The van der Waals surface area contributed by atoms with Crippen LogP contribution in [-0.2, 0) is 0 Å². The minimum absolute atomic E-state index is 0.0468. The van der Waals surface area contributed by atoms with E-state index in [0.717, 1.165) is 51.9 Å². The Labute approximate surface area is 186 Å². The van der Waals surface area contributed by atoms with Gasteiger partial charge in [0.15, 0.2) is 23.0 Å². The number of nitrogens with zero attached hydrogens (tertiary/aromatic N) is 3. The van der Waals surface area contributed by atoms with E-state index in [0.29, 0.717) is 28.9 Å². The number of halogens is 1. The topological polar surface area (TPSA) is 74.6 Å². The van der Waals surface area contributed by atoms with E-state index < -0.39 is 0 Å². The third-order valence-electron chi connectivity index (χ3n) is 6.46. The molecule has 0 spiro atoms. The number of piperidine rings is 2. The van der Waals surface area contributed by atoms with Gasteiger partial charge < -0.3 is 14.1 Å². The van der Waals surface area contributed by atoms with Gasteiger partial charge in [0.2, 0.25) is 0 Å². The van der Waals surface area contributed by atoms with E-state index in [1.807, 2.05) is 11.0 Å². The number of likely N-dealkylation sites (tertiary alicyclic amines) is 2. The molecule has 2 aliphatic rings. The maximum absolute atomic E-state index is 13.8. The summed E-state index contributed by atoms with van der Waals surface area (Å²) in [7, 11) is 0. The lowest BCUT2D eigenvalue weighted by molar-refractivity contribution is 0.0414. The monoisotopic (exact) mass is 438 g/mol. The van der Waals surface area contributed by atoms with Crippen LogP contribution in [0, 0.1) is 5.82 Å². The number of aromatic nitrogens is 2. The number of carbonyl (C=O) groups excluding carboxylic acids is 1. The predicted molar refractivity (Wildman–Crippen MR) is 117 cm³/mol. The van der Waals surface area contributed by atoms with Gasteiger partial charge in [-0.25, -0.2) is 4.39 Å². The number of para-hydroxylation sites is 1. The number of benzene rings is 1. The lowest BCUT2D eigenvalue weighted by Crippen LogP contribution is -2.50. The maximum atomic E-state index is 13.8. The normalized spacial score (nSPS) is 18.7. The second-order valence-corrected chi connectivity index (χ2v) is 8.45. The molecule has 0 radical (unpaired) electrons. The van der Waals surface area contributed by atoms with Crippen molar-refractivity contribution in [3.63, 3.8) is 0 Å². The van der Waals surface area contributed by atoms with Crippen molar-refractivity contribution < 1.29 is 18.3 Å². The van der Waals surface area contributed by atoms with Gasteiger partial charge in [-0.2, -0.15) is 5.10 Å². The Morgan fingerprint density at radius 2 is 1.84 bits per heavy atom. The maximum Gasteiger partial charge on any atom is 0.274 e. The molecule has 3 aromatic rings. The quantitative estimate of drug-likeness (QED) is 0.653. The van der Waals surface area contributed by atoms with Gasteiger partial charge in [0, 0.05) is 38.3 Å². The van der Waals surface area contributed by atoms with Crippen molar-refractivity contribution in [1.82, 2.24) is 20.0 Å². The Morgan fingerprint density at radius 1 is 1.06 bits per heavy atom. The number of carbonyl (C=O) groups is 1. The van der Waals surface area contributed by atoms with Crippen LogP contribution in [0.15, 0.2) is 53.1 Å². The van der Waals surface area contributed by atoms with Gasteiger partial charge in [0.05, 0.1) is 6.26 Å². The predicted octanol–water partition coefficient (Wildman–Crippen LogP) is 3.96. The Hall–Kier alpha value is -3.13. The van der Waals surface area contributed by atoms with Gasteiger partial charge in [-0.05, 0) is 49.9 Å². The van der Waals surface area contributed by atoms with E-state index in [1.54, 1.807) is 36.6 Å². The molecule has 0 bridgehead atoms. The lowest BCUT2D eigenvalue weighted by Gasteiger charge is -2.41. The highest BCUT2D eigenvalue weighted by molar-refractivity contribution is 5.93. The van der Waals surface area contributed by atoms with Crippen molar-refractivity contribution in [3.8, 4) is 17.2 Å². The molecule has 5 rings (SSSR count). The average molecular weight is 439 g/mol. The molecule has 0 saturated carbocycles. The molecule has 8 heteroatoms. The zero-order valence-electron chi connectivity index (χ0n) is 17.9. The first-order chi connectivity index (χ1) is 15.7. The molecule has 0 aliphatic carbocycles. The first-order valence-electron chi connectivity index (χ1n) is 11.2. The van der Waals surface area contributed by atoms with E-state index in [4.69, 9.17) is 9.15 Å². The number of amides is 1. The van der Waals surface area contributed by atoms with E-state index in [9.17, 15) is 9.18 Å². The number of ether oxygens (including phenoxy) is 1. The summed E-state index contributed by atoms with van der Waals surface area (Å²) in [5.74, 6) is 0.652. The van der Waals surface area contributed by atoms with Gasteiger partial charge in [-0.1, -0.05) is 12.1 Å². The molecule has 2 aliphatic heterocycles. The van der Waals surface area contributed by atoms with Crippen LogP contribution in [0.25, 0.3) is 11.5 Å². The van der Waals surface area contributed by atoms with Crippen LogP contribution in [0.2, 0.25) is 0 Å². The fourth-order valence-corrected chi connectivity index (χ4v) is 4.66. The van der Waals surface area contributed by atoms with Crippen LogP contribution in [0.3, 0.4) is 0 Å². The highest BCUT2D eigenvalue weighted by atomic mass is 19.1. The largest absolute Gasteiger partial charge is 0.487 e. The Kier molecular flexibility index (Phi) is 5.94. The number of furan rings is 1. The van der Waals surface area contributed by atoms with Crippen molar-refractivity contribution in [3.05, 3.63) is 60.2 Å². The minimum Gasteiger partial charge on any atom is -0.487 e. The lowest BCUT2D eigenvalue weighted by atomic mass is 9.98. The molecule has 7 nitrogen and oxygen atoms in total. The highest BCUT2D eigenvalue weighted by Crippen LogP contribution is 2.26. The molecule has 2 aromatic heterocycles. The van der Waals surface area contributed by atoms with Crippen molar-refractivity contribution in [2.24, 2.45) is 0 Å². The molecule has 2 fully saturated rings.